The third-order valence-electron chi connectivity index (χ3n) is 12.1. The molecular formula is C30H52O3. The van der Waals surface area contributed by atoms with Gasteiger partial charge in [0.2, 0.25) is 0 Å². The smallest absolute Gasteiger partial charge is 0.0594 e. The van der Waals surface area contributed by atoms with Gasteiger partial charge in [-0.3, -0.25) is 0 Å². The second kappa shape index (κ2) is 8.07. The van der Waals surface area contributed by atoms with Gasteiger partial charge in [0.05, 0.1) is 17.8 Å². The summed E-state index contributed by atoms with van der Waals surface area (Å²) in [5.41, 5.74) is 3.49. The van der Waals surface area contributed by atoms with E-state index < -0.39 is 5.60 Å². The van der Waals surface area contributed by atoms with Gasteiger partial charge in [-0.1, -0.05) is 52.7 Å². The molecule has 0 aromatic rings. The average molecular weight is 461 g/mol. The van der Waals surface area contributed by atoms with Gasteiger partial charge >= 0.3 is 0 Å². The molecule has 3 heteroatoms. The molecule has 4 rings (SSSR count). The number of aliphatic hydroxyl groups excluding tert-OH is 2. The molecule has 0 heterocycles. The molecule has 3 nitrogen and oxygen atoms in total. The highest BCUT2D eigenvalue weighted by Gasteiger charge is 2.63. The second-order valence-electron chi connectivity index (χ2n) is 14.5. The lowest BCUT2D eigenvalue weighted by Crippen LogP contribution is -2.55. The van der Waals surface area contributed by atoms with Gasteiger partial charge in [-0.25, -0.2) is 0 Å². The summed E-state index contributed by atoms with van der Waals surface area (Å²) in [4.78, 5) is 0. The molecule has 1 unspecified atom stereocenters. The van der Waals surface area contributed by atoms with Crippen LogP contribution in [0.2, 0.25) is 0 Å². The van der Waals surface area contributed by atoms with Crippen LogP contribution in [0.1, 0.15) is 120 Å². The molecule has 190 valence electrons. The maximum absolute atomic E-state index is 11.1. The second-order valence-corrected chi connectivity index (χ2v) is 14.5. The molecule has 0 saturated heterocycles. The molecular weight excluding hydrogens is 408 g/mol. The van der Waals surface area contributed by atoms with Crippen molar-refractivity contribution in [1.82, 2.24) is 0 Å². The molecule has 3 N–H and O–H groups in total. The summed E-state index contributed by atoms with van der Waals surface area (Å²) in [6, 6.07) is 0. The van der Waals surface area contributed by atoms with Crippen molar-refractivity contribution in [2.75, 3.05) is 0 Å². The van der Waals surface area contributed by atoms with E-state index in [0.29, 0.717) is 24.7 Å². The van der Waals surface area contributed by atoms with E-state index in [1.807, 2.05) is 13.8 Å². The van der Waals surface area contributed by atoms with E-state index >= 15 is 0 Å². The van der Waals surface area contributed by atoms with Crippen molar-refractivity contribution in [2.24, 2.45) is 39.4 Å². The van der Waals surface area contributed by atoms with Gasteiger partial charge < -0.3 is 15.3 Å². The summed E-state index contributed by atoms with van der Waals surface area (Å²) in [5.74, 6) is 1.36. The van der Waals surface area contributed by atoms with Crippen molar-refractivity contribution in [3.05, 3.63) is 11.1 Å². The molecule has 4 aliphatic rings. The van der Waals surface area contributed by atoms with Crippen molar-refractivity contribution in [2.45, 2.75) is 137 Å². The van der Waals surface area contributed by atoms with Crippen molar-refractivity contribution in [3.63, 3.8) is 0 Å². The summed E-state index contributed by atoms with van der Waals surface area (Å²) in [6.07, 6.45) is 10.1. The van der Waals surface area contributed by atoms with Crippen molar-refractivity contribution in [1.29, 1.82) is 0 Å². The van der Waals surface area contributed by atoms with Crippen LogP contribution < -0.4 is 0 Å². The van der Waals surface area contributed by atoms with Gasteiger partial charge in [0.15, 0.2) is 0 Å². The first kappa shape index (κ1) is 25.7. The largest absolute Gasteiger partial charge is 0.393 e. The van der Waals surface area contributed by atoms with Crippen LogP contribution in [0.15, 0.2) is 11.1 Å². The number of rotatable bonds is 5. The Bertz CT molecular complexity index is 791. The summed E-state index contributed by atoms with van der Waals surface area (Å²) >= 11 is 0. The van der Waals surface area contributed by atoms with Gasteiger partial charge in [-0.15, -0.1) is 0 Å². The first-order chi connectivity index (χ1) is 15.1. The van der Waals surface area contributed by atoms with Crippen molar-refractivity contribution >= 4 is 0 Å². The number of hydrogen-bond donors (Lipinski definition) is 3. The van der Waals surface area contributed by atoms with E-state index in [1.54, 1.807) is 11.1 Å². The van der Waals surface area contributed by atoms with E-state index in [1.165, 1.54) is 38.5 Å². The van der Waals surface area contributed by atoms with Gasteiger partial charge in [-0.05, 0) is 117 Å². The first-order valence-electron chi connectivity index (χ1n) is 13.9. The van der Waals surface area contributed by atoms with E-state index in [4.69, 9.17) is 0 Å². The highest BCUT2D eigenvalue weighted by Crippen LogP contribution is 2.72. The lowest BCUT2D eigenvalue weighted by Gasteiger charge is -2.62. The number of allylic oxidation sites excluding steroid dienone is 2. The Morgan fingerprint density at radius 2 is 1.61 bits per heavy atom. The van der Waals surface area contributed by atoms with Crippen LogP contribution in [-0.4, -0.2) is 33.1 Å². The summed E-state index contributed by atoms with van der Waals surface area (Å²) in [5, 5.41) is 32.1. The normalized spacial score (nSPS) is 44.6. The minimum absolute atomic E-state index is 0.00942. The molecule has 4 aliphatic carbocycles. The molecule has 0 bridgehead atoms. The first-order valence-corrected chi connectivity index (χ1v) is 13.9. The molecule has 0 aromatic heterocycles. The lowest BCUT2D eigenvalue weighted by molar-refractivity contribution is -0.0971. The minimum Gasteiger partial charge on any atom is -0.393 e. The lowest BCUT2D eigenvalue weighted by atomic mass is 9.43. The highest BCUT2D eigenvalue weighted by molar-refractivity contribution is 5.38. The molecule has 0 spiro atoms. The topological polar surface area (TPSA) is 60.7 Å². The zero-order valence-corrected chi connectivity index (χ0v) is 22.8. The quantitative estimate of drug-likeness (QED) is 0.403. The van der Waals surface area contributed by atoms with E-state index in [9.17, 15) is 15.3 Å². The fourth-order valence-corrected chi connectivity index (χ4v) is 9.59. The van der Waals surface area contributed by atoms with Crippen LogP contribution in [-0.2, 0) is 0 Å². The van der Waals surface area contributed by atoms with Crippen LogP contribution in [0.4, 0.5) is 0 Å². The molecule has 33 heavy (non-hydrogen) atoms. The van der Waals surface area contributed by atoms with Crippen LogP contribution in [0.25, 0.3) is 0 Å². The molecule has 2 fully saturated rings. The fourth-order valence-electron chi connectivity index (χ4n) is 9.59. The maximum atomic E-state index is 11.1. The molecule has 0 amide bonds. The summed E-state index contributed by atoms with van der Waals surface area (Å²) in [7, 11) is 0. The Hall–Kier alpha value is -0.380. The van der Waals surface area contributed by atoms with Gasteiger partial charge in [0.25, 0.3) is 0 Å². The Morgan fingerprint density at radius 3 is 2.24 bits per heavy atom. The third kappa shape index (κ3) is 3.78. The number of hydrogen-bond acceptors (Lipinski definition) is 3. The predicted octanol–water partition coefficient (Wildman–Crippen LogP) is 6.64. The fraction of sp³-hybridized carbons (Fsp3) is 0.933. The van der Waals surface area contributed by atoms with E-state index in [0.717, 1.165) is 12.8 Å². The summed E-state index contributed by atoms with van der Waals surface area (Å²) in [6.45, 7) is 18.2. The van der Waals surface area contributed by atoms with Crippen LogP contribution >= 0.6 is 0 Å². The Balaban J connectivity index is 1.63. The SMILES string of the molecule is C[C@H](C(O)CCC(C)(C)O)[C@H]1CC[C@@]2(C)C3=C(CC[C@]12C)[C@@]1(C)CC[C@H](O)C(C)(C)[C@@H]1CC3. The van der Waals surface area contributed by atoms with Crippen LogP contribution in [0.3, 0.4) is 0 Å². The number of aliphatic hydroxyl groups is 3. The Labute approximate surface area is 203 Å². The monoisotopic (exact) mass is 460 g/mol. The minimum atomic E-state index is -0.714. The Morgan fingerprint density at radius 1 is 0.939 bits per heavy atom. The highest BCUT2D eigenvalue weighted by atomic mass is 16.3. The zero-order valence-electron chi connectivity index (χ0n) is 22.8. The zero-order chi connectivity index (χ0) is 24.6. The van der Waals surface area contributed by atoms with E-state index in [-0.39, 0.29) is 39.8 Å². The molecule has 2 saturated carbocycles. The van der Waals surface area contributed by atoms with Gasteiger partial charge in [0.1, 0.15) is 0 Å². The molecule has 0 radical (unpaired) electrons. The van der Waals surface area contributed by atoms with Crippen LogP contribution in [0, 0.1) is 39.4 Å². The Kier molecular flexibility index (Phi) is 6.28. The van der Waals surface area contributed by atoms with Gasteiger partial charge in [0, 0.05) is 0 Å². The summed E-state index contributed by atoms with van der Waals surface area (Å²) < 4.78 is 0. The maximum Gasteiger partial charge on any atom is 0.0594 e. The van der Waals surface area contributed by atoms with Crippen molar-refractivity contribution < 1.29 is 15.3 Å². The van der Waals surface area contributed by atoms with Crippen molar-refractivity contribution in [3.8, 4) is 0 Å². The number of fused-ring (bicyclic) bond motifs is 4. The molecule has 0 aliphatic heterocycles. The van der Waals surface area contributed by atoms with Crippen LogP contribution in [0.5, 0.6) is 0 Å². The molecule has 0 aromatic carbocycles. The third-order valence-corrected chi connectivity index (χ3v) is 12.1. The average Bonchev–Trinajstić information content (AvgIpc) is 3.00. The predicted molar refractivity (Wildman–Crippen MR) is 136 cm³/mol. The van der Waals surface area contributed by atoms with Gasteiger partial charge in [-0.2, -0.15) is 0 Å². The standard InChI is InChI=1S/C30H52O3/c1-19(23(31)13-15-26(2,3)33)20-11-17-30(8)22-9-10-24-27(4,5)25(32)14-16-28(24,6)21(22)12-18-29(20,30)7/h19-20,23-25,31-33H,9-18H2,1-8H3/t19-,20+,23?,24-,25-,28+,29+,30-/m0/s1. The van der Waals surface area contributed by atoms with E-state index in [2.05, 4.69) is 41.5 Å². The molecule has 8 atom stereocenters.